The van der Waals surface area contributed by atoms with Gasteiger partial charge in [-0.2, -0.15) is 13.5 Å². The minimum atomic E-state index is -5.00. The molecule has 2 aliphatic rings. The maximum Gasteiger partial charge on any atom is 0.418 e. The van der Waals surface area contributed by atoms with Gasteiger partial charge in [-0.1, -0.05) is 24.3 Å². The lowest BCUT2D eigenvalue weighted by molar-refractivity contribution is -0.142. The number of urea groups is 1. The molecule has 28 heavy (non-hydrogen) atoms. The van der Waals surface area contributed by atoms with Gasteiger partial charge >= 0.3 is 22.4 Å². The third kappa shape index (κ3) is 2.99. The number of benzene rings is 2. The fourth-order valence-corrected chi connectivity index (χ4v) is 3.96. The maximum absolute atomic E-state index is 13.2. The average molecular weight is 408 g/mol. The molecule has 9 nitrogen and oxygen atoms in total. The van der Waals surface area contributed by atoms with Crippen LogP contribution in [0.4, 0.5) is 9.18 Å². The second kappa shape index (κ2) is 6.26. The lowest BCUT2D eigenvalue weighted by Gasteiger charge is -2.30. The summed E-state index contributed by atoms with van der Waals surface area (Å²) in [5.41, 5.74) is 1.91. The van der Waals surface area contributed by atoms with Crippen LogP contribution in [0.3, 0.4) is 0 Å². The number of carbonyl (C=O) groups excluding carboxylic acids is 1. The molecule has 4 rings (SSSR count). The molecule has 1 saturated heterocycles. The van der Waals surface area contributed by atoms with Crippen molar-refractivity contribution in [3.05, 3.63) is 59.4 Å². The molecule has 0 aliphatic carbocycles. The van der Waals surface area contributed by atoms with Gasteiger partial charge in [-0.05, 0) is 40.5 Å². The van der Waals surface area contributed by atoms with Gasteiger partial charge in [0.25, 0.3) is 0 Å². The molecule has 2 unspecified atom stereocenters. The number of hydrogen-bond acceptors (Lipinski definition) is 5. The van der Waals surface area contributed by atoms with Gasteiger partial charge in [-0.25, -0.2) is 14.0 Å². The average Bonchev–Trinajstić information content (AvgIpc) is 2.88. The molecule has 146 valence electrons. The number of nitrogens with zero attached hydrogens (tertiary/aromatic N) is 2. The van der Waals surface area contributed by atoms with Crippen molar-refractivity contribution >= 4 is 22.4 Å². The van der Waals surface area contributed by atoms with Gasteiger partial charge in [0.2, 0.25) is 0 Å². The number of amides is 2. The molecule has 0 aromatic heterocycles. The van der Waals surface area contributed by atoms with Gasteiger partial charge in [0.1, 0.15) is 11.9 Å². The highest BCUT2D eigenvalue weighted by Crippen LogP contribution is 2.45. The highest BCUT2D eigenvalue weighted by Gasteiger charge is 2.52. The zero-order valence-corrected chi connectivity index (χ0v) is 14.8. The number of hydroxylamine groups is 2. The Bertz CT molecular complexity index is 1090. The Hall–Kier alpha value is -3.02. The summed E-state index contributed by atoms with van der Waals surface area (Å²) in [4.78, 5) is 25.2. The summed E-state index contributed by atoms with van der Waals surface area (Å²) in [6, 6.07) is 7.08. The third-order valence-electron chi connectivity index (χ3n) is 4.72. The molecule has 2 aromatic rings. The monoisotopic (exact) mass is 408 g/mol. The van der Waals surface area contributed by atoms with Crippen LogP contribution in [0.5, 0.6) is 0 Å². The van der Waals surface area contributed by atoms with Crippen molar-refractivity contribution in [2.45, 2.75) is 12.1 Å². The van der Waals surface area contributed by atoms with Crippen LogP contribution in [0, 0.1) is 5.82 Å². The predicted octanol–water partition coefficient (Wildman–Crippen LogP) is 2.15. The fourth-order valence-electron chi connectivity index (χ4n) is 3.59. The number of carbonyl (C=O) groups is 2. The fraction of sp³-hybridized carbons (Fsp3) is 0.176. The van der Waals surface area contributed by atoms with Crippen LogP contribution >= 0.6 is 0 Å². The van der Waals surface area contributed by atoms with Gasteiger partial charge in [-0.3, -0.25) is 4.55 Å². The molecule has 0 spiro atoms. The van der Waals surface area contributed by atoms with Crippen molar-refractivity contribution in [3.63, 3.8) is 0 Å². The van der Waals surface area contributed by atoms with Crippen molar-refractivity contribution in [1.82, 2.24) is 9.96 Å². The van der Waals surface area contributed by atoms with Gasteiger partial charge in [0.15, 0.2) is 6.04 Å². The molecule has 0 saturated carbocycles. The van der Waals surface area contributed by atoms with Crippen molar-refractivity contribution in [2.24, 2.45) is 0 Å². The summed E-state index contributed by atoms with van der Waals surface area (Å²) >= 11 is 0. The molecule has 2 aliphatic heterocycles. The SMILES string of the molecule is O=C(O)C1c2ccc(-c3ccc(F)cc3)cc2C2CN1C(=O)N2OS(=O)(=O)O. The van der Waals surface area contributed by atoms with E-state index in [1.807, 2.05) is 0 Å². The highest BCUT2D eigenvalue weighted by atomic mass is 32.3. The number of carboxylic acid groups (broad SMARTS) is 1. The summed E-state index contributed by atoms with van der Waals surface area (Å²) in [6.45, 7) is -0.134. The minimum absolute atomic E-state index is 0.134. The van der Waals surface area contributed by atoms with Gasteiger partial charge in [0, 0.05) is 0 Å². The Labute approximate surface area is 158 Å². The lowest BCUT2D eigenvalue weighted by atomic mass is 9.88. The molecule has 11 heteroatoms. The van der Waals surface area contributed by atoms with E-state index in [2.05, 4.69) is 4.28 Å². The number of rotatable bonds is 4. The van der Waals surface area contributed by atoms with Crippen LogP contribution in [0.25, 0.3) is 11.1 Å². The van der Waals surface area contributed by atoms with Gasteiger partial charge in [0.05, 0.1) is 6.54 Å². The quantitative estimate of drug-likeness (QED) is 0.743. The second-order valence-electron chi connectivity index (χ2n) is 6.37. The first-order valence-electron chi connectivity index (χ1n) is 8.05. The standard InChI is InChI=1S/C17H13FN2O7S/c18-11-4-1-9(2-5-11)10-3-6-12-13(7-10)14-8-19(15(12)16(21)22)17(23)20(14)27-28(24,25)26/h1-7,14-15H,8H2,(H,21,22)(H,24,25,26). The first-order valence-corrected chi connectivity index (χ1v) is 9.41. The normalized spacial score (nSPS) is 21.0. The predicted molar refractivity (Wildman–Crippen MR) is 91.5 cm³/mol. The molecule has 2 amide bonds. The van der Waals surface area contributed by atoms with Crippen LogP contribution in [0.2, 0.25) is 0 Å². The molecular formula is C17H13FN2O7S. The Morgan fingerprint density at radius 3 is 2.36 bits per heavy atom. The first kappa shape index (κ1) is 18.3. The number of halogens is 1. The molecule has 2 N–H and O–H groups in total. The Kier molecular flexibility index (Phi) is 4.10. The Morgan fingerprint density at radius 1 is 1.11 bits per heavy atom. The van der Waals surface area contributed by atoms with Crippen LogP contribution in [-0.2, 0) is 19.5 Å². The van der Waals surface area contributed by atoms with Crippen LogP contribution in [0.1, 0.15) is 23.2 Å². The molecule has 2 aromatic carbocycles. The van der Waals surface area contributed by atoms with Crippen molar-refractivity contribution < 1.29 is 36.3 Å². The summed E-state index contributed by atoms with van der Waals surface area (Å²) in [5, 5.41) is 10.0. The smallest absolute Gasteiger partial charge is 0.418 e. The van der Waals surface area contributed by atoms with Crippen LogP contribution in [-0.4, -0.2) is 46.6 Å². The Balaban J connectivity index is 1.85. The Morgan fingerprint density at radius 2 is 1.75 bits per heavy atom. The van der Waals surface area contributed by atoms with E-state index in [0.717, 1.165) is 4.90 Å². The maximum atomic E-state index is 13.2. The molecule has 0 radical (unpaired) electrons. The first-order chi connectivity index (χ1) is 13.2. The molecule has 1 fully saturated rings. The number of aliphatic carboxylic acids is 1. The van der Waals surface area contributed by atoms with E-state index in [1.54, 1.807) is 12.1 Å². The van der Waals surface area contributed by atoms with E-state index in [-0.39, 0.29) is 6.54 Å². The van der Waals surface area contributed by atoms with Crippen molar-refractivity contribution in [3.8, 4) is 11.1 Å². The van der Waals surface area contributed by atoms with E-state index in [9.17, 15) is 27.5 Å². The largest absolute Gasteiger partial charge is 0.479 e. The van der Waals surface area contributed by atoms with Crippen LogP contribution < -0.4 is 0 Å². The van der Waals surface area contributed by atoms with E-state index in [0.29, 0.717) is 27.3 Å². The zero-order valence-electron chi connectivity index (χ0n) is 14.0. The van der Waals surface area contributed by atoms with Gasteiger partial charge < -0.3 is 10.0 Å². The number of hydrogen-bond donors (Lipinski definition) is 2. The number of carboxylic acids is 1. The minimum Gasteiger partial charge on any atom is -0.479 e. The van der Waals surface area contributed by atoms with E-state index >= 15 is 0 Å². The van der Waals surface area contributed by atoms with Crippen molar-refractivity contribution in [2.75, 3.05) is 6.54 Å². The van der Waals surface area contributed by atoms with Crippen molar-refractivity contribution in [1.29, 1.82) is 0 Å². The third-order valence-corrected chi connectivity index (χ3v) is 5.07. The molecule has 2 bridgehead atoms. The van der Waals surface area contributed by atoms with Gasteiger partial charge in [-0.15, -0.1) is 4.28 Å². The molecule has 2 heterocycles. The number of fused-ring (bicyclic) bond motifs is 4. The topological polar surface area (TPSA) is 124 Å². The van der Waals surface area contributed by atoms with E-state index in [4.69, 9.17) is 4.55 Å². The zero-order chi connectivity index (χ0) is 20.2. The van der Waals surface area contributed by atoms with E-state index < -0.39 is 40.3 Å². The highest BCUT2D eigenvalue weighted by molar-refractivity contribution is 7.80. The van der Waals surface area contributed by atoms with E-state index in [1.165, 1.54) is 30.3 Å². The summed E-state index contributed by atoms with van der Waals surface area (Å²) < 4.78 is 48.8. The summed E-state index contributed by atoms with van der Waals surface area (Å²) in [5.74, 6) is -1.71. The molecular weight excluding hydrogens is 395 g/mol. The second-order valence-corrected chi connectivity index (χ2v) is 7.37. The summed E-state index contributed by atoms with van der Waals surface area (Å²) in [7, 11) is -5.00. The lowest BCUT2D eigenvalue weighted by Crippen LogP contribution is -2.38. The molecule has 2 atom stereocenters. The summed E-state index contributed by atoms with van der Waals surface area (Å²) in [6.07, 6.45) is 0. The van der Waals surface area contributed by atoms with Crippen LogP contribution in [0.15, 0.2) is 42.5 Å².